The Morgan fingerprint density at radius 3 is 2.32 bits per heavy atom. The maximum absolute atomic E-state index is 13.1. The number of benzene rings is 3. The molecule has 0 saturated carbocycles. The van der Waals surface area contributed by atoms with Crippen LogP contribution in [0, 0.1) is 10.1 Å². The average Bonchev–Trinajstić information content (AvgIpc) is 2.86. The van der Waals surface area contributed by atoms with E-state index < -0.39 is 34.3 Å². The van der Waals surface area contributed by atoms with Crippen LogP contribution in [0.3, 0.4) is 0 Å². The molecule has 0 unspecified atom stereocenters. The van der Waals surface area contributed by atoms with Gasteiger partial charge in [0, 0.05) is 12.1 Å². The molecule has 4 amide bonds. The molecule has 3 aromatic carbocycles. The standard InChI is InChI=1S/C25H15Cl2N3O8/c26-19-9-14(10-20(27)21(19)38-12-13-4-6-15(7-5-13)24(33)34)8-18-22(31)28-25(35)29(23(18)32)16-2-1-3-17(11-16)30(36)37/h1-11H,12H2,(H,33,34)(H,28,31,35)/b18-8+. The second-order valence-corrected chi connectivity index (χ2v) is 8.65. The van der Waals surface area contributed by atoms with Crippen molar-refractivity contribution in [2.45, 2.75) is 6.61 Å². The number of hydrogen-bond donors (Lipinski definition) is 2. The van der Waals surface area contributed by atoms with E-state index in [9.17, 15) is 29.3 Å². The Kier molecular flexibility index (Phi) is 7.42. The van der Waals surface area contributed by atoms with Gasteiger partial charge in [0.25, 0.3) is 17.5 Å². The maximum Gasteiger partial charge on any atom is 0.335 e. The Morgan fingerprint density at radius 1 is 1.05 bits per heavy atom. The highest BCUT2D eigenvalue weighted by molar-refractivity contribution is 6.40. The molecule has 0 spiro atoms. The molecular weight excluding hydrogens is 541 g/mol. The van der Waals surface area contributed by atoms with E-state index in [1.54, 1.807) is 12.1 Å². The molecule has 38 heavy (non-hydrogen) atoms. The van der Waals surface area contributed by atoms with Crippen LogP contribution in [0.25, 0.3) is 6.08 Å². The molecule has 13 heteroatoms. The van der Waals surface area contributed by atoms with Gasteiger partial charge in [-0.3, -0.25) is 25.0 Å². The summed E-state index contributed by atoms with van der Waals surface area (Å²) in [5.41, 5.74) is 0.132. The van der Waals surface area contributed by atoms with Crippen LogP contribution in [0.5, 0.6) is 5.75 Å². The number of nitro groups is 1. The van der Waals surface area contributed by atoms with Gasteiger partial charge in [0.05, 0.1) is 26.2 Å². The number of carboxylic acid groups (broad SMARTS) is 1. The average molecular weight is 556 g/mol. The van der Waals surface area contributed by atoms with Crippen LogP contribution in [-0.4, -0.2) is 33.8 Å². The molecule has 1 fully saturated rings. The topological polar surface area (TPSA) is 156 Å². The van der Waals surface area contributed by atoms with Crippen molar-refractivity contribution in [3.63, 3.8) is 0 Å². The van der Waals surface area contributed by atoms with Crippen molar-refractivity contribution in [3.8, 4) is 5.75 Å². The van der Waals surface area contributed by atoms with Crippen LogP contribution in [0.4, 0.5) is 16.2 Å². The highest BCUT2D eigenvalue weighted by Gasteiger charge is 2.37. The Bertz CT molecular complexity index is 1510. The number of hydrogen-bond acceptors (Lipinski definition) is 7. The van der Waals surface area contributed by atoms with E-state index in [-0.39, 0.29) is 44.9 Å². The predicted octanol–water partition coefficient (Wildman–Crippen LogP) is 4.85. The number of carbonyl (C=O) groups is 4. The van der Waals surface area contributed by atoms with Gasteiger partial charge < -0.3 is 9.84 Å². The number of imide groups is 2. The Morgan fingerprint density at radius 2 is 1.71 bits per heavy atom. The monoisotopic (exact) mass is 555 g/mol. The van der Waals surface area contributed by atoms with Gasteiger partial charge in [0.1, 0.15) is 12.2 Å². The number of non-ortho nitro benzene ring substituents is 1. The fourth-order valence-corrected chi connectivity index (χ4v) is 4.12. The number of anilines is 1. The predicted molar refractivity (Wildman–Crippen MR) is 136 cm³/mol. The zero-order chi connectivity index (χ0) is 27.6. The van der Waals surface area contributed by atoms with E-state index in [2.05, 4.69) is 0 Å². The molecular formula is C25H15Cl2N3O8. The van der Waals surface area contributed by atoms with Crippen molar-refractivity contribution < 1.29 is 33.9 Å². The number of ether oxygens (including phenoxy) is 1. The number of nitrogens with zero attached hydrogens (tertiary/aromatic N) is 2. The van der Waals surface area contributed by atoms with E-state index in [1.807, 2.05) is 5.32 Å². The molecule has 0 atom stereocenters. The summed E-state index contributed by atoms with van der Waals surface area (Å²) < 4.78 is 5.67. The summed E-state index contributed by atoms with van der Waals surface area (Å²) in [6, 6.07) is 12.5. The first-order valence-corrected chi connectivity index (χ1v) is 11.4. The first-order valence-electron chi connectivity index (χ1n) is 10.6. The normalized spacial score (nSPS) is 14.4. The van der Waals surface area contributed by atoms with Crippen LogP contribution in [-0.2, 0) is 16.2 Å². The lowest BCUT2D eigenvalue weighted by Crippen LogP contribution is -2.54. The number of nitro benzene ring substituents is 1. The molecule has 192 valence electrons. The molecule has 1 aliphatic rings. The Hall–Kier alpha value is -4.74. The van der Waals surface area contributed by atoms with E-state index in [0.717, 1.165) is 6.07 Å². The van der Waals surface area contributed by atoms with E-state index in [1.165, 1.54) is 48.5 Å². The van der Waals surface area contributed by atoms with Gasteiger partial charge in [-0.1, -0.05) is 41.4 Å². The minimum Gasteiger partial charge on any atom is -0.486 e. The first-order chi connectivity index (χ1) is 18.0. The fourth-order valence-electron chi connectivity index (χ4n) is 3.50. The van der Waals surface area contributed by atoms with Crippen molar-refractivity contribution in [2.75, 3.05) is 4.90 Å². The molecule has 1 saturated heterocycles. The van der Waals surface area contributed by atoms with Crippen molar-refractivity contribution in [1.29, 1.82) is 0 Å². The number of carboxylic acids is 1. The van der Waals surface area contributed by atoms with Crippen LogP contribution in [0.1, 0.15) is 21.5 Å². The number of rotatable bonds is 7. The Balaban J connectivity index is 1.58. The summed E-state index contributed by atoms with van der Waals surface area (Å²) in [6.07, 6.45) is 1.17. The highest BCUT2D eigenvalue weighted by atomic mass is 35.5. The third-order valence-corrected chi connectivity index (χ3v) is 5.88. The lowest BCUT2D eigenvalue weighted by molar-refractivity contribution is -0.384. The molecule has 0 bridgehead atoms. The van der Waals surface area contributed by atoms with Crippen LogP contribution in [0.2, 0.25) is 10.0 Å². The van der Waals surface area contributed by atoms with Gasteiger partial charge >= 0.3 is 12.0 Å². The molecule has 0 radical (unpaired) electrons. The minimum atomic E-state index is -1.06. The molecule has 0 aliphatic carbocycles. The number of amides is 4. The van der Waals surface area contributed by atoms with Crippen molar-refractivity contribution >= 4 is 64.5 Å². The van der Waals surface area contributed by atoms with Crippen LogP contribution >= 0.6 is 23.2 Å². The van der Waals surface area contributed by atoms with Crippen LogP contribution < -0.4 is 15.0 Å². The largest absolute Gasteiger partial charge is 0.486 e. The van der Waals surface area contributed by atoms with Crippen LogP contribution in [0.15, 0.2) is 66.2 Å². The highest BCUT2D eigenvalue weighted by Crippen LogP contribution is 2.36. The molecule has 0 aromatic heterocycles. The smallest absolute Gasteiger partial charge is 0.335 e. The fraction of sp³-hybridized carbons (Fsp3) is 0.0400. The third-order valence-electron chi connectivity index (χ3n) is 5.32. The van der Waals surface area contributed by atoms with E-state index in [4.69, 9.17) is 33.0 Å². The summed E-state index contributed by atoms with van der Waals surface area (Å²) in [5.74, 6) is -2.92. The number of urea groups is 1. The number of halogens is 2. The molecule has 1 aliphatic heterocycles. The van der Waals surface area contributed by atoms with Gasteiger partial charge in [0.15, 0.2) is 5.75 Å². The van der Waals surface area contributed by atoms with E-state index >= 15 is 0 Å². The second kappa shape index (κ2) is 10.7. The summed E-state index contributed by atoms with van der Waals surface area (Å²) >= 11 is 12.6. The summed E-state index contributed by atoms with van der Waals surface area (Å²) in [7, 11) is 0. The third kappa shape index (κ3) is 5.48. The molecule has 4 rings (SSSR count). The second-order valence-electron chi connectivity index (χ2n) is 7.84. The molecule has 3 aromatic rings. The zero-order valence-corrected chi connectivity index (χ0v) is 20.5. The lowest BCUT2D eigenvalue weighted by atomic mass is 10.1. The lowest BCUT2D eigenvalue weighted by Gasteiger charge is -2.26. The number of nitrogens with one attached hydrogen (secondary N) is 1. The maximum atomic E-state index is 13.1. The minimum absolute atomic E-state index is 0.0287. The zero-order valence-electron chi connectivity index (χ0n) is 19.0. The quantitative estimate of drug-likeness (QED) is 0.181. The summed E-state index contributed by atoms with van der Waals surface area (Å²) in [6.45, 7) is 0.0287. The SMILES string of the molecule is O=C1NC(=O)N(c2cccc([N+](=O)[O-])c2)C(=O)/C1=C/c1cc(Cl)c(OCc2ccc(C(=O)O)cc2)c(Cl)c1. The van der Waals surface area contributed by atoms with Gasteiger partial charge in [-0.25, -0.2) is 14.5 Å². The van der Waals surface area contributed by atoms with Gasteiger partial charge in [-0.15, -0.1) is 0 Å². The number of aromatic carboxylic acids is 1. The molecule has 2 N–H and O–H groups in total. The van der Waals surface area contributed by atoms with Crippen molar-refractivity contribution in [3.05, 3.63) is 103 Å². The summed E-state index contributed by atoms with van der Waals surface area (Å²) in [4.78, 5) is 59.9. The molecule has 11 nitrogen and oxygen atoms in total. The van der Waals surface area contributed by atoms with Gasteiger partial charge in [0.2, 0.25) is 0 Å². The number of barbiturate groups is 1. The molecule has 1 heterocycles. The van der Waals surface area contributed by atoms with Crippen molar-refractivity contribution in [2.24, 2.45) is 0 Å². The Labute approximate surface area is 224 Å². The van der Waals surface area contributed by atoms with Gasteiger partial charge in [-0.2, -0.15) is 0 Å². The number of carbonyl (C=O) groups excluding carboxylic acids is 3. The van der Waals surface area contributed by atoms with Crippen molar-refractivity contribution in [1.82, 2.24) is 5.32 Å². The first kappa shape index (κ1) is 26.3. The summed E-state index contributed by atoms with van der Waals surface area (Å²) in [5, 5.41) is 22.2. The van der Waals surface area contributed by atoms with E-state index in [0.29, 0.717) is 10.5 Å². The van der Waals surface area contributed by atoms with Gasteiger partial charge in [-0.05, 0) is 47.5 Å².